The Kier molecular flexibility index (Phi) is 54.8. The predicted octanol–water partition coefficient (Wildman–Crippen LogP) is 4.33. The quantitative estimate of drug-likeness (QED) is 0.0626. The van der Waals surface area contributed by atoms with Gasteiger partial charge in [-0.3, -0.25) is 4.79 Å². The minimum atomic E-state index is -0.139. The van der Waals surface area contributed by atoms with E-state index in [1.807, 2.05) is 0 Å². The summed E-state index contributed by atoms with van der Waals surface area (Å²) in [4.78, 5) is 11.8. The molecule has 0 aliphatic carbocycles. The molecule has 0 aliphatic heterocycles. The van der Waals surface area contributed by atoms with Gasteiger partial charge in [-0.25, -0.2) is 0 Å². The molecule has 0 radical (unpaired) electrons. The van der Waals surface area contributed by atoms with Gasteiger partial charge in [-0.15, -0.1) is 0 Å². The standard InChI is InChI=1S/C43H86O17/c1-3-4-5-6-7-8-9-10-11-12-43(44)60-42-41-59-40-39-58-38-37-57-36-35-56-34-33-55-32-31-54-30-29-53-28-27-52-26-25-51-24-23-50-22-21-49-20-19-48-18-17-47-16-15-46-14-13-45-2/h3-42H2,1-2H3. The predicted molar refractivity (Wildman–Crippen MR) is 226 cm³/mol. The molecule has 17 nitrogen and oxygen atoms in total. The Bertz CT molecular complexity index is 786. The number of hydrogen-bond acceptors (Lipinski definition) is 17. The molecule has 360 valence electrons. The van der Waals surface area contributed by atoms with Crippen molar-refractivity contribution in [3.8, 4) is 0 Å². The summed E-state index contributed by atoms with van der Waals surface area (Å²) in [6.07, 6.45) is 11.6. The summed E-state index contributed by atoms with van der Waals surface area (Å²) in [7, 11) is 1.64. The number of carbonyl (C=O) groups excluding carboxylic acids is 1. The molecule has 0 amide bonds. The van der Waals surface area contributed by atoms with E-state index in [-0.39, 0.29) is 12.6 Å². The zero-order valence-corrected chi connectivity index (χ0v) is 37.7. The molecular formula is C43H86O17. The summed E-state index contributed by atoms with van der Waals surface area (Å²) in [5.74, 6) is -0.139. The highest BCUT2D eigenvalue weighted by Crippen LogP contribution is 2.10. The molecule has 0 aromatic carbocycles. The zero-order chi connectivity index (χ0) is 43.2. The van der Waals surface area contributed by atoms with E-state index in [1.165, 1.54) is 44.9 Å². The third-order valence-electron chi connectivity index (χ3n) is 8.24. The first-order valence-corrected chi connectivity index (χ1v) is 22.5. The van der Waals surface area contributed by atoms with Crippen molar-refractivity contribution in [1.29, 1.82) is 0 Å². The number of esters is 1. The maximum absolute atomic E-state index is 11.8. The molecular weight excluding hydrogens is 788 g/mol. The normalized spacial score (nSPS) is 11.6. The van der Waals surface area contributed by atoms with E-state index >= 15 is 0 Å². The van der Waals surface area contributed by atoms with Crippen LogP contribution in [0, 0.1) is 0 Å². The lowest BCUT2D eigenvalue weighted by molar-refractivity contribution is -0.145. The fraction of sp³-hybridized carbons (Fsp3) is 0.977. The van der Waals surface area contributed by atoms with Crippen LogP contribution in [-0.4, -0.2) is 211 Å². The van der Waals surface area contributed by atoms with E-state index in [4.69, 9.17) is 75.8 Å². The molecule has 0 rings (SSSR count). The molecule has 0 unspecified atom stereocenters. The highest BCUT2D eigenvalue weighted by molar-refractivity contribution is 5.69. The lowest BCUT2D eigenvalue weighted by Crippen LogP contribution is -2.16. The average molecular weight is 875 g/mol. The van der Waals surface area contributed by atoms with Gasteiger partial charge in [0.25, 0.3) is 0 Å². The molecule has 0 aromatic heterocycles. The second kappa shape index (κ2) is 55.9. The van der Waals surface area contributed by atoms with Crippen molar-refractivity contribution in [3.63, 3.8) is 0 Å². The second-order valence-electron chi connectivity index (χ2n) is 13.4. The zero-order valence-electron chi connectivity index (χ0n) is 37.7. The van der Waals surface area contributed by atoms with E-state index in [0.29, 0.717) is 198 Å². The van der Waals surface area contributed by atoms with Crippen LogP contribution in [0.25, 0.3) is 0 Å². The maximum Gasteiger partial charge on any atom is 0.305 e. The fourth-order valence-corrected chi connectivity index (χ4v) is 4.97. The molecule has 60 heavy (non-hydrogen) atoms. The Labute approximate surface area is 362 Å². The van der Waals surface area contributed by atoms with Gasteiger partial charge in [0.05, 0.1) is 192 Å². The second-order valence-corrected chi connectivity index (χ2v) is 13.4. The monoisotopic (exact) mass is 875 g/mol. The molecule has 0 atom stereocenters. The summed E-state index contributed by atoms with van der Waals surface area (Å²) in [5, 5.41) is 0. The molecule has 0 saturated carbocycles. The van der Waals surface area contributed by atoms with Crippen molar-refractivity contribution >= 4 is 5.97 Å². The minimum Gasteiger partial charge on any atom is -0.463 e. The van der Waals surface area contributed by atoms with Crippen LogP contribution in [0.15, 0.2) is 0 Å². The van der Waals surface area contributed by atoms with Gasteiger partial charge in [0.2, 0.25) is 0 Å². The first-order chi connectivity index (χ1) is 29.8. The SMILES string of the molecule is CCCCCCCCCCCC(=O)OCCOCCOCCOCCOCCOCCOCCOCCOCCOCCOCCOCCOCCOCCOCCOC. The Hall–Kier alpha value is -1.13. The van der Waals surface area contributed by atoms with Gasteiger partial charge in [-0.05, 0) is 6.42 Å². The van der Waals surface area contributed by atoms with E-state index in [9.17, 15) is 4.79 Å². The molecule has 0 aromatic rings. The van der Waals surface area contributed by atoms with Crippen LogP contribution in [0.4, 0.5) is 0 Å². The number of ether oxygens (including phenoxy) is 16. The van der Waals surface area contributed by atoms with Crippen LogP contribution in [-0.2, 0) is 80.6 Å². The largest absolute Gasteiger partial charge is 0.463 e. The van der Waals surface area contributed by atoms with Gasteiger partial charge < -0.3 is 75.8 Å². The smallest absolute Gasteiger partial charge is 0.305 e. The van der Waals surface area contributed by atoms with Crippen LogP contribution >= 0.6 is 0 Å². The van der Waals surface area contributed by atoms with Crippen LogP contribution < -0.4 is 0 Å². The Morgan fingerprint density at radius 1 is 0.267 bits per heavy atom. The van der Waals surface area contributed by atoms with E-state index in [1.54, 1.807) is 7.11 Å². The van der Waals surface area contributed by atoms with E-state index < -0.39 is 0 Å². The van der Waals surface area contributed by atoms with Crippen molar-refractivity contribution in [2.45, 2.75) is 71.1 Å². The summed E-state index contributed by atoms with van der Waals surface area (Å²) >= 11 is 0. The van der Waals surface area contributed by atoms with Gasteiger partial charge in [0, 0.05) is 13.5 Å². The maximum atomic E-state index is 11.8. The third kappa shape index (κ3) is 54.9. The molecule has 0 aliphatic rings. The molecule has 17 heteroatoms. The molecule has 0 bridgehead atoms. The highest BCUT2D eigenvalue weighted by Gasteiger charge is 2.03. The van der Waals surface area contributed by atoms with Crippen molar-refractivity contribution in [1.82, 2.24) is 0 Å². The van der Waals surface area contributed by atoms with Gasteiger partial charge >= 0.3 is 5.97 Å². The number of hydrogen-bond donors (Lipinski definition) is 0. The van der Waals surface area contributed by atoms with Crippen LogP contribution in [0.1, 0.15) is 71.1 Å². The van der Waals surface area contributed by atoms with Gasteiger partial charge in [0.1, 0.15) is 6.61 Å². The number of carbonyl (C=O) groups is 1. The molecule has 0 fully saturated rings. The van der Waals surface area contributed by atoms with Crippen LogP contribution in [0.5, 0.6) is 0 Å². The summed E-state index contributed by atoms with van der Waals surface area (Å²) in [6, 6.07) is 0. The van der Waals surface area contributed by atoms with Gasteiger partial charge in [0.15, 0.2) is 0 Å². The van der Waals surface area contributed by atoms with Crippen molar-refractivity contribution in [2.75, 3.05) is 205 Å². The van der Waals surface area contributed by atoms with Gasteiger partial charge in [-0.1, -0.05) is 58.3 Å². The van der Waals surface area contributed by atoms with Crippen molar-refractivity contribution < 1.29 is 80.6 Å². The van der Waals surface area contributed by atoms with Crippen molar-refractivity contribution in [3.05, 3.63) is 0 Å². The average Bonchev–Trinajstić information content (AvgIpc) is 3.25. The molecule has 0 saturated heterocycles. The fourth-order valence-electron chi connectivity index (χ4n) is 4.97. The van der Waals surface area contributed by atoms with Crippen molar-refractivity contribution in [2.24, 2.45) is 0 Å². The Balaban J connectivity index is 3.10. The highest BCUT2D eigenvalue weighted by atomic mass is 16.6. The lowest BCUT2D eigenvalue weighted by atomic mass is 10.1. The molecule has 0 N–H and O–H groups in total. The first kappa shape index (κ1) is 58.9. The lowest BCUT2D eigenvalue weighted by Gasteiger charge is -2.09. The number of rotatable bonds is 55. The van der Waals surface area contributed by atoms with Gasteiger partial charge in [-0.2, -0.15) is 0 Å². The topological polar surface area (TPSA) is 165 Å². The number of unbranched alkanes of at least 4 members (excludes halogenated alkanes) is 8. The van der Waals surface area contributed by atoms with Crippen LogP contribution in [0.3, 0.4) is 0 Å². The summed E-state index contributed by atoms with van der Waals surface area (Å²) in [6.45, 7) is 17.1. The number of methoxy groups -OCH3 is 1. The Morgan fingerprint density at radius 3 is 0.700 bits per heavy atom. The summed E-state index contributed by atoms with van der Waals surface area (Å²) < 4.78 is 86.7. The minimum absolute atomic E-state index is 0.139. The molecule has 0 heterocycles. The molecule has 0 spiro atoms. The van der Waals surface area contributed by atoms with E-state index in [0.717, 1.165) is 12.8 Å². The summed E-state index contributed by atoms with van der Waals surface area (Å²) in [5.41, 5.74) is 0. The van der Waals surface area contributed by atoms with Crippen LogP contribution in [0.2, 0.25) is 0 Å². The first-order valence-electron chi connectivity index (χ1n) is 22.5. The van der Waals surface area contributed by atoms with E-state index in [2.05, 4.69) is 6.92 Å². The third-order valence-corrected chi connectivity index (χ3v) is 8.24. The Morgan fingerprint density at radius 2 is 0.467 bits per heavy atom.